The van der Waals surface area contributed by atoms with E-state index in [4.69, 9.17) is 16.3 Å². The molecule has 0 saturated heterocycles. The van der Waals surface area contributed by atoms with Crippen molar-refractivity contribution in [2.24, 2.45) is 0 Å². The molecule has 0 atom stereocenters. The van der Waals surface area contributed by atoms with Gasteiger partial charge in [-0.2, -0.15) is 0 Å². The van der Waals surface area contributed by atoms with E-state index in [9.17, 15) is 4.79 Å². The lowest BCUT2D eigenvalue weighted by Gasteiger charge is -2.19. The Balaban J connectivity index is 2.32. The Kier molecular flexibility index (Phi) is 4.22. The average Bonchev–Trinajstić information content (AvgIpc) is 2.43. The maximum atomic E-state index is 11.3. The summed E-state index contributed by atoms with van der Waals surface area (Å²) in [5, 5.41) is 3.29. The largest absolute Gasteiger partial charge is 0.456 e. The summed E-state index contributed by atoms with van der Waals surface area (Å²) in [6.07, 6.45) is 6.24. The first-order valence-electron chi connectivity index (χ1n) is 6.09. The summed E-state index contributed by atoms with van der Waals surface area (Å²) in [6, 6.07) is 1.78. The molecule has 1 aliphatic rings. The molecule has 0 spiro atoms. The van der Waals surface area contributed by atoms with Gasteiger partial charge in [0.2, 0.25) is 5.91 Å². The third-order valence-corrected chi connectivity index (χ3v) is 3.25. The van der Waals surface area contributed by atoms with Gasteiger partial charge in [-0.05, 0) is 32.4 Å². The molecule has 1 N–H and O–H groups in total. The number of fused-ring (bicyclic) bond motifs is 1. The second-order valence-corrected chi connectivity index (χ2v) is 4.48. The summed E-state index contributed by atoms with van der Waals surface area (Å²) >= 11 is 6.07. The zero-order chi connectivity index (χ0) is 13.8. The molecule has 100 valence electrons. The third-order valence-electron chi connectivity index (χ3n) is 2.84. The Labute approximate surface area is 117 Å². The Bertz CT molecular complexity index is 565. The quantitative estimate of drug-likeness (QED) is 0.681. The minimum absolute atomic E-state index is 0.0186. The number of halogens is 1. The molecular formula is C14H15ClN2O2. The van der Waals surface area contributed by atoms with E-state index < -0.39 is 0 Å². The number of ether oxygens (including phenoxy) is 1. The van der Waals surface area contributed by atoms with Crippen LogP contribution in [0.3, 0.4) is 0 Å². The van der Waals surface area contributed by atoms with Crippen LogP contribution in [-0.4, -0.2) is 10.9 Å². The van der Waals surface area contributed by atoms with Crippen molar-refractivity contribution >= 4 is 23.3 Å². The van der Waals surface area contributed by atoms with Crippen molar-refractivity contribution in [3.63, 3.8) is 0 Å². The van der Waals surface area contributed by atoms with Crippen LogP contribution in [0, 0.1) is 0 Å². The highest BCUT2D eigenvalue weighted by Gasteiger charge is 2.20. The average molecular weight is 279 g/mol. The molecule has 1 aromatic rings. The van der Waals surface area contributed by atoms with Crippen LogP contribution in [0.5, 0.6) is 5.75 Å². The van der Waals surface area contributed by atoms with Crippen molar-refractivity contribution in [3.05, 3.63) is 40.8 Å². The Morgan fingerprint density at radius 1 is 1.42 bits per heavy atom. The number of carbonyl (C=O) groups is 1. The number of hydrogen-bond donors (Lipinski definition) is 1. The van der Waals surface area contributed by atoms with Gasteiger partial charge in [-0.1, -0.05) is 17.7 Å². The molecule has 0 radical (unpaired) electrons. The zero-order valence-corrected chi connectivity index (χ0v) is 11.6. The molecule has 19 heavy (non-hydrogen) atoms. The van der Waals surface area contributed by atoms with E-state index in [-0.39, 0.29) is 5.91 Å². The second kappa shape index (κ2) is 5.89. The summed E-state index contributed by atoms with van der Waals surface area (Å²) in [6.45, 7) is 3.70. The second-order valence-electron chi connectivity index (χ2n) is 4.08. The molecule has 2 heterocycles. The number of allylic oxidation sites excluding steroid dienone is 3. The number of nitrogens with one attached hydrogen (secondary N) is 1. The van der Waals surface area contributed by atoms with Crippen molar-refractivity contribution in [2.45, 2.75) is 26.7 Å². The minimum Gasteiger partial charge on any atom is -0.456 e. The SMILES string of the molecule is CC=C(Cl)C(=CC)Oc1ccnc2c1CCC(=O)N2. The van der Waals surface area contributed by atoms with E-state index in [1.165, 1.54) is 0 Å². The van der Waals surface area contributed by atoms with Gasteiger partial charge in [-0.3, -0.25) is 4.79 Å². The summed E-state index contributed by atoms with van der Waals surface area (Å²) in [4.78, 5) is 15.5. The number of nitrogens with zero attached hydrogens (tertiary/aromatic N) is 1. The van der Waals surface area contributed by atoms with Crippen LogP contribution in [0.4, 0.5) is 5.82 Å². The van der Waals surface area contributed by atoms with Gasteiger partial charge in [0, 0.05) is 18.2 Å². The summed E-state index contributed by atoms with van der Waals surface area (Å²) in [7, 11) is 0. The van der Waals surface area contributed by atoms with Gasteiger partial charge in [0.1, 0.15) is 17.3 Å². The minimum atomic E-state index is -0.0186. The van der Waals surface area contributed by atoms with E-state index in [0.717, 1.165) is 5.56 Å². The predicted octanol–water partition coefficient (Wildman–Crippen LogP) is 3.39. The molecule has 1 aliphatic heterocycles. The van der Waals surface area contributed by atoms with Crippen LogP contribution < -0.4 is 10.1 Å². The lowest BCUT2D eigenvalue weighted by molar-refractivity contribution is -0.116. The van der Waals surface area contributed by atoms with Crippen molar-refractivity contribution in [1.29, 1.82) is 0 Å². The van der Waals surface area contributed by atoms with Crippen LogP contribution in [0.15, 0.2) is 35.2 Å². The van der Waals surface area contributed by atoms with Gasteiger partial charge in [0.25, 0.3) is 0 Å². The van der Waals surface area contributed by atoms with Crippen LogP contribution in [-0.2, 0) is 11.2 Å². The molecule has 0 saturated carbocycles. The Morgan fingerprint density at radius 3 is 2.89 bits per heavy atom. The highest BCUT2D eigenvalue weighted by molar-refractivity contribution is 6.31. The number of pyridine rings is 1. The Morgan fingerprint density at radius 2 is 2.21 bits per heavy atom. The molecule has 0 aromatic carbocycles. The number of anilines is 1. The maximum Gasteiger partial charge on any atom is 0.225 e. The van der Waals surface area contributed by atoms with Crippen molar-refractivity contribution in [3.8, 4) is 5.75 Å². The first-order valence-corrected chi connectivity index (χ1v) is 6.47. The number of rotatable bonds is 3. The third kappa shape index (κ3) is 2.96. The standard InChI is InChI=1S/C14H15ClN2O2/c1-3-10(15)11(4-2)19-12-7-8-16-14-9(12)5-6-13(18)17-14/h3-4,7-8H,5-6H2,1-2H3,(H,16,17,18). The highest BCUT2D eigenvalue weighted by Crippen LogP contribution is 2.31. The summed E-state index contributed by atoms with van der Waals surface area (Å²) in [5.41, 5.74) is 0.905. The number of amides is 1. The van der Waals surface area contributed by atoms with Gasteiger partial charge < -0.3 is 10.1 Å². The fraction of sp³-hybridized carbons (Fsp3) is 0.286. The molecule has 0 fully saturated rings. The first-order chi connectivity index (χ1) is 9.15. The van der Waals surface area contributed by atoms with E-state index in [0.29, 0.717) is 35.2 Å². The molecule has 0 unspecified atom stereocenters. The smallest absolute Gasteiger partial charge is 0.225 e. The summed E-state index contributed by atoms with van der Waals surface area (Å²) in [5.74, 6) is 1.82. The van der Waals surface area contributed by atoms with Crippen molar-refractivity contribution in [2.75, 3.05) is 5.32 Å². The van der Waals surface area contributed by atoms with Gasteiger partial charge >= 0.3 is 0 Å². The molecule has 1 aromatic heterocycles. The Hall–Kier alpha value is -1.81. The lowest BCUT2D eigenvalue weighted by atomic mass is 10.1. The van der Waals surface area contributed by atoms with Crippen LogP contribution >= 0.6 is 11.6 Å². The van der Waals surface area contributed by atoms with Crippen LogP contribution in [0.2, 0.25) is 0 Å². The van der Waals surface area contributed by atoms with Gasteiger partial charge in [0.05, 0.1) is 5.03 Å². The first kappa shape index (κ1) is 13.6. The molecule has 0 bridgehead atoms. The van der Waals surface area contributed by atoms with E-state index >= 15 is 0 Å². The van der Waals surface area contributed by atoms with Crippen LogP contribution in [0.25, 0.3) is 0 Å². The fourth-order valence-corrected chi connectivity index (χ4v) is 2.01. The molecule has 5 heteroatoms. The molecule has 2 rings (SSSR count). The molecular weight excluding hydrogens is 264 g/mol. The predicted molar refractivity (Wildman–Crippen MR) is 75.2 cm³/mol. The molecule has 0 aliphatic carbocycles. The monoisotopic (exact) mass is 278 g/mol. The van der Waals surface area contributed by atoms with E-state index in [1.807, 2.05) is 13.8 Å². The fourth-order valence-electron chi connectivity index (χ4n) is 1.86. The van der Waals surface area contributed by atoms with Gasteiger partial charge in [0.15, 0.2) is 0 Å². The normalized spacial score (nSPS) is 15.8. The van der Waals surface area contributed by atoms with E-state index in [2.05, 4.69) is 10.3 Å². The molecule has 4 nitrogen and oxygen atoms in total. The number of aromatic nitrogens is 1. The van der Waals surface area contributed by atoms with Crippen LogP contribution in [0.1, 0.15) is 25.8 Å². The molecule has 1 amide bonds. The lowest BCUT2D eigenvalue weighted by Crippen LogP contribution is -2.20. The number of hydrogen-bond acceptors (Lipinski definition) is 3. The zero-order valence-electron chi connectivity index (χ0n) is 10.9. The highest BCUT2D eigenvalue weighted by atomic mass is 35.5. The topological polar surface area (TPSA) is 51.2 Å². The van der Waals surface area contributed by atoms with Gasteiger partial charge in [-0.15, -0.1) is 0 Å². The number of carbonyl (C=O) groups excluding carboxylic acids is 1. The van der Waals surface area contributed by atoms with E-state index in [1.54, 1.807) is 24.4 Å². The maximum absolute atomic E-state index is 11.3. The van der Waals surface area contributed by atoms with Crippen molar-refractivity contribution in [1.82, 2.24) is 4.98 Å². The van der Waals surface area contributed by atoms with Gasteiger partial charge in [-0.25, -0.2) is 4.98 Å². The van der Waals surface area contributed by atoms with Crippen molar-refractivity contribution < 1.29 is 9.53 Å². The summed E-state index contributed by atoms with van der Waals surface area (Å²) < 4.78 is 5.82.